The second kappa shape index (κ2) is 8.84. The van der Waals surface area contributed by atoms with E-state index in [1.54, 1.807) is 11.8 Å². The Morgan fingerprint density at radius 1 is 1.17 bits per heavy atom. The van der Waals surface area contributed by atoms with Gasteiger partial charge in [-0.15, -0.1) is 10.2 Å². The molecule has 0 radical (unpaired) electrons. The van der Waals surface area contributed by atoms with Crippen molar-refractivity contribution in [1.29, 1.82) is 0 Å². The lowest BCUT2D eigenvalue weighted by Gasteiger charge is -2.22. The molecule has 2 N–H and O–H groups in total. The van der Waals surface area contributed by atoms with Crippen LogP contribution in [0.15, 0.2) is 4.34 Å². The van der Waals surface area contributed by atoms with Gasteiger partial charge in [-0.1, -0.05) is 42.4 Å². The first-order chi connectivity index (χ1) is 11.3. The van der Waals surface area contributed by atoms with Crippen molar-refractivity contribution in [2.75, 3.05) is 30.7 Å². The van der Waals surface area contributed by atoms with Gasteiger partial charge in [0.05, 0.1) is 0 Å². The van der Waals surface area contributed by atoms with Gasteiger partial charge in [0.1, 0.15) is 0 Å². The van der Waals surface area contributed by atoms with Crippen molar-refractivity contribution >= 4 is 34.3 Å². The fourth-order valence-corrected chi connectivity index (χ4v) is 4.97. The molecule has 2 aliphatic rings. The topological polar surface area (TPSA) is 70.2 Å². The van der Waals surface area contributed by atoms with Crippen molar-refractivity contribution in [1.82, 2.24) is 20.4 Å². The maximum atomic E-state index is 12.0. The van der Waals surface area contributed by atoms with E-state index in [2.05, 4.69) is 25.7 Å². The molecule has 0 spiro atoms. The van der Waals surface area contributed by atoms with Gasteiger partial charge < -0.3 is 10.2 Å². The second-order valence-electron chi connectivity index (χ2n) is 6.20. The number of nitrogens with one attached hydrogen (secondary N) is 2. The van der Waals surface area contributed by atoms with E-state index in [-0.39, 0.29) is 6.03 Å². The minimum atomic E-state index is -0.151. The Labute approximate surface area is 145 Å². The third kappa shape index (κ3) is 5.61. The predicted molar refractivity (Wildman–Crippen MR) is 95.3 cm³/mol. The quantitative estimate of drug-likeness (QED) is 0.606. The number of carbonyl (C=O) groups excluding carboxylic acids is 1. The molecule has 1 aliphatic heterocycles. The van der Waals surface area contributed by atoms with Gasteiger partial charge in [-0.05, 0) is 38.8 Å². The molecule has 1 aliphatic carbocycles. The monoisotopic (exact) mass is 355 g/mol. The minimum Gasteiger partial charge on any atom is -0.335 e. The van der Waals surface area contributed by atoms with Crippen LogP contribution in [0.3, 0.4) is 0 Å². The maximum Gasteiger partial charge on any atom is 0.321 e. The van der Waals surface area contributed by atoms with Crippen LogP contribution >= 0.6 is 23.1 Å². The largest absolute Gasteiger partial charge is 0.335 e. The van der Waals surface area contributed by atoms with Crippen molar-refractivity contribution in [3.05, 3.63) is 0 Å². The van der Waals surface area contributed by atoms with E-state index >= 15 is 0 Å². The number of thioether (sulfide) groups is 1. The first-order valence-corrected chi connectivity index (χ1v) is 10.4. The van der Waals surface area contributed by atoms with E-state index < -0.39 is 0 Å². The summed E-state index contributed by atoms with van der Waals surface area (Å²) in [5, 5.41) is 14.6. The van der Waals surface area contributed by atoms with Gasteiger partial charge in [-0.3, -0.25) is 5.32 Å². The number of anilines is 1. The summed E-state index contributed by atoms with van der Waals surface area (Å²) in [5.41, 5.74) is 0. The standard InChI is InChI=1S/C15H25N5OS2/c21-13(16-12-6-2-1-3-7-12)17-14-18-19-15(23-14)22-11-10-20-8-4-5-9-20/h12H,1-11H2,(H2,16,17,18,21). The highest BCUT2D eigenvalue weighted by Gasteiger charge is 2.17. The summed E-state index contributed by atoms with van der Waals surface area (Å²) in [5.74, 6) is 1.03. The van der Waals surface area contributed by atoms with Crippen LogP contribution in [-0.2, 0) is 0 Å². The second-order valence-corrected chi connectivity index (χ2v) is 8.52. The molecule has 1 aromatic rings. The lowest BCUT2D eigenvalue weighted by atomic mass is 9.96. The molecule has 3 rings (SSSR count). The first kappa shape index (κ1) is 17.0. The van der Waals surface area contributed by atoms with Crippen molar-refractivity contribution in [3.63, 3.8) is 0 Å². The van der Waals surface area contributed by atoms with Crippen molar-refractivity contribution in [3.8, 4) is 0 Å². The summed E-state index contributed by atoms with van der Waals surface area (Å²) in [7, 11) is 0. The summed E-state index contributed by atoms with van der Waals surface area (Å²) in [4.78, 5) is 14.5. The van der Waals surface area contributed by atoms with Gasteiger partial charge in [0, 0.05) is 18.3 Å². The Hall–Kier alpha value is -0.860. The van der Waals surface area contributed by atoms with E-state index in [9.17, 15) is 4.79 Å². The van der Waals surface area contributed by atoms with Gasteiger partial charge >= 0.3 is 6.03 Å². The van der Waals surface area contributed by atoms with E-state index in [0.29, 0.717) is 11.2 Å². The molecule has 0 unspecified atom stereocenters. The molecule has 2 fully saturated rings. The van der Waals surface area contributed by atoms with Gasteiger partial charge in [-0.2, -0.15) is 0 Å². The molecule has 23 heavy (non-hydrogen) atoms. The molecular formula is C15H25N5OS2. The molecule has 6 nitrogen and oxygen atoms in total. The zero-order valence-corrected chi connectivity index (χ0v) is 15.1. The number of aromatic nitrogens is 2. The summed E-state index contributed by atoms with van der Waals surface area (Å²) in [6.45, 7) is 3.56. The van der Waals surface area contributed by atoms with Crippen LogP contribution < -0.4 is 10.6 Å². The zero-order valence-electron chi connectivity index (χ0n) is 13.4. The number of carbonyl (C=O) groups is 1. The van der Waals surface area contributed by atoms with Crippen molar-refractivity contribution in [2.24, 2.45) is 0 Å². The Kier molecular flexibility index (Phi) is 6.53. The molecule has 0 atom stereocenters. The number of likely N-dealkylation sites (tertiary alicyclic amines) is 1. The third-order valence-corrected chi connectivity index (χ3v) is 6.35. The summed E-state index contributed by atoms with van der Waals surface area (Å²) < 4.78 is 0.928. The average molecular weight is 356 g/mol. The molecule has 128 valence electrons. The Bertz CT molecular complexity index is 498. The molecule has 0 aromatic carbocycles. The number of rotatable bonds is 6. The number of hydrogen-bond donors (Lipinski definition) is 2. The fraction of sp³-hybridized carbons (Fsp3) is 0.800. The molecule has 1 saturated heterocycles. The highest BCUT2D eigenvalue weighted by molar-refractivity contribution is 8.01. The molecule has 2 amide bonds. The van der Waals surface area contributed by atoms with E-state index in [1.807, 2.05) is 0 Å². The van der Waals surface area contributed by atoms with Crippen LogP contribution in [0.5, 0.6) is 0 Å². The molecular weight excluding hydrogens is 330 g/mol. The highest BCUT2D eigenvalue weighted by atomic mass is 32.2. The van der Waals surface area contributed by atoms with Crippen LogP contribution in [0.1, 0.15) is 44.9 Å². The van der Waals surface area contributed by atoms with Gasteiger partial charge in [0.25, 0.3) is 0 Å². The number of urea groups is 1. The van der Waals surface area contributed by atoms with E-state index in [4.69, 9.17) is 0 Å². The summed E-state index contributed by atoms with van der Waals surface area (Å²) >= 11 is 3.18. The lowest BCUT2D eigenvalue weighted by molar-refractivity contribution is 0.244. The summed E-state index contributed by atoms with van der Waals surface area (Å²) in [6, 6.07) is 0.160. The highest BCUT2D eigenvalue weighted by Crippen LogP contribution is 2.26. The SMILES string of the molecule is O=C(Nc1nnc(SCCN2CCCC2)s1)NC1CCCCC1. The maximum absolute atomic E-state index is 12.0. The van der Waals surface area contributed by atoms with Crippen LogP contribution in [0, 0.1) is 0 Å². The third-order valence-electron chi connectivity index (χ3n) is 4.40. The van der Waals surface area contributed by atoms with Crippen LogP contribution in [0.4, 0.5) is 9.93 Å². The fourth-order valence-electron chi connectivity index (χ4n) is 3.15. The normalized spacial score (nSPS) is 19.8. The average Bonchev–Trinajstić information content (AvgIpc) is 3.20. The Morgan fingerprint density at radius 3 is 2.74 bits per heavy atom. The zero-order chi connectivity index (χ0) is 15.9. The van der Waals surface area contributed by atoms with Crippen LogP contribution in [0.25, 0.3) is 0 Å². The van der Waals surface area contributed by atoms with E-state index in [1.165, 1.54) is 56.5 Å². The molecule has 8 heteroatoms. The Balaban J connectivity index is 1.36. The van der Waals surface area contributed by atoms with Gasteiger partial charge in [0.2, 0.25) is 5.13 Å². The van der Waals surface area contributed by atoms with Crippen LogP contribution in [0.2, 0.25) is 0 Å². The van der Waals surface area contributed by atoms with E-state index in [0.717, 1.165) is 29.5 Å². The molecule has 0 bridgehead atoms. The molecule has 2 heterocycles. The Morgan fingerprint density at radius 2 is 1.96 bits per heavy atom. The molecule has 1 saturated carbocycles. The number of amides is 2. The smallest absolute Gasteiger partial charge is 0.321 e. The predicted octanol–water partition coefficient (Wildman–Crippen LogP) is 3.18. The first-order valence-electron chi connectivity index (χ1n) is 8.56. The van der Waals surface area contributed by atoms with Crippen LogP contribution in [-0.4, -0.2) is 52.6 Å². The number of hydrogen-bond acceptors (Lipinski definition) is 6. The molecule has 1 aromatic heterocycles. The van der Waals surface area contributed by atoms with Crippen molar-refractivity contribution in [2.45, 2.75) is 55.3 Å². The number of nitrogens with zero attached hydrogens (tertiary/aromatic N) is 3. The summed E-state index contributed by atoms with van der Waals surface area (Å²) in [6.07, 6.45) is 8.53. The van der Waals surface area contributed by atoms with Gasteiger partial charge in [-0.25, -0.2) is 4.79 Å². The lowest BCUT2D eigenvalue weighted by Crippen LogP contribution is -2.38. The van der Waals surface area contributed by atoms with Gasteiger partial charge in [0.15, 0.2) is 4.34 Å². The minimum absolute atomic E-state index is 0.151. The van der Waals surface area contributed by atoms with Crippen molar-refractivity contribution < 1.29 is 4.79 Å².